The summed E-state index contributed by atoms with van der Waals surface area (Å²) in [5.41, 5.74) is 4.67. The molecule has 0 aliphatic carbocycles. The number of aromatic nitrogens is 1. The third-order valence-electron chi connectivity index (χ3n) is 3.47. The molecule has 1 aromatic heterocycles. The van der Waals surface area contributed by atoms with Crippen LogP contribution in [0.15, 0.2) is 41.4 Å². The SMILES string of the molecule is Cc1ccc(N=Cc2c(O)[nH]c3ccc(Cl)cc23)c(C)c1. The smallest absolute Gasteiger partial charge is 0.198 e. The second kappa shape index (κ2) is 5.26. The third-order valence-corrected chi connectivity index (χ3v) is 3.70. The Morgan fingerprint density at radius 1 is 1.14 bits per heavy atom. The molecule has 0 amide bonds. The van der Waals surface area contributed by atoms with Gasteiger partial charge in [0.2, 0.25) is 0 Å². The number of H-pyrrole nitrogens is 1. The molecule has 2 aromatic carbocycles. The number of nitrogens with zero attached hydrogens (tertiary/aromatic N) is 1. The van der Waals surface area contributed by atoms with Gasteiger partial charge in [0.15, 0.2) is 5.88 Å². The van der Waals surface area contributed by atoms with Crippen molar-refractivity contribution in [1.29, 1.82) is 0 Å². The molecule has 4 heteroatoms. The molecule has 0 saturated heterocycles. The topological polar surface area (TPSA) is 48.4 Å². The lowest BCUT2D eigenvalue weighted by atomic mass is 10.1. The van der Waals surface area contributed by atoms with E-state index in [0.29, 0.717) is 10.6 Å². The molecule has 0 atom stereocenters. The van der Waals surface area contributed by atoms with Crippen molar-refractivity contribution in [3.63, 3.8) is 0 Å². The van der Waals surface area contributed by atoms with Crippen molar-refractivity contribution in [2.45, 2.75) is 13.8 Å². The molecule has 0 fully saturated rings. The molecule has 0 spiro atoms. The van der Waals surface area contributed by atoms with E-state index in [0.717, 1.165) is 22.2 Å². The molecule has 0 saturated carbocycles. The fourth-order valence-corrected chi connectivity index (χ4v) is 2.56. The first-order chi connectivity index (χ1) is 10.0. The highest BCUT2D eigenvalue weighted by molar-refractivity contribution is 6.31. The van der Waals surface area contributed by atoms with E-state index in [1.54, 1.807) is 12.3 Å². The minimum atomic E-state index is 0.0979. The number of benzene rings is 2. The van der Waals surface area contributed by atoms with E-state index in [2.05, 4.69) is 16.0 Å². The van der Waals surface area contributed by atoms with Crippen LogP contribution in [0.3, 0.4) is 0 Å². The zero-order valence-corrected chi connectivity index (χ0v) is 12.6. The first-order valence-electron chi connectivity index (χ1n) is 6.66. The van der Waals surface area contributed by atoms with E-state index in [1.165, 1.54) is 5.56 Å². The van der Waals surface area contributed by atoms with Gasteiger partial charge >= 0.3 is 0 Å². The van der Waals surface area contributed by atoms with Crippen LogP contribution >= 0.6 is 11.6 Å². The number of halogens is 1. The standard InChI is InChI=1S/C17H15ClN2O/c1-10-3-5-15(11(2)7-10)19-9-14-13-8-12(18)4-6-16(13)20-17(14)21/h3-9,20-21H,1-2H3. The largest absolute Gasteiger partial charge is 0.494 e. The second-order valence-electron chi connectivity index (χ2n) is 5.13. The van der Waals surface area contributed by atoms with E-state index in [9.17, 15) is 5.11 Å². The summed E-state index contributed by atoms with van der Waals surface area (Å²) in [6.45, 7) is 4.07. The van der Waals surface area contributed by atoms with E-state index < -0.39 is 0 Å². The van der Waals surface area contributed by atoms with Crippen molar-refractivity contribution in [1.82, 2.24) is 4.98 Å². The summed E-state index contributed by atoms with van der Waals surface area (Å²) in [4.78, 5) is 7.40. The summed E-state index contributed by atoms with van der Waals surface area (Å²) in [5.74, 6) is 0.0979. The van der Waals surface area contributed by atoms with Gasteiger partial charge in [0.25, 0.3) is 0 Å². The number of hydrogen-bond donors (Lipinski definition) is 2. The van der Waals surface area contributed by atoms with Crippen LogP contribution in [0, 0.1) is 13.8 Å². The first-order valence-corrected chi connectivity index (χ1v) is 7.04. The average Bonchev–Trinajstić information content (AvgIpc) is 2.73. The van der Waals surface area contributed by atoms with Gasteiger partial charge in [-0.05, 0) is 43.7 Å². The molecule has 3 rings (SSSR count). The number of rotatable bonds is 2. The number of hydrogen-bond acceptors (Lipinski definition) is 2. The van der Waals surface area contributed by atoms with Gasteiger partial charge in [0, 0.05) is 22.1 Å². The molecule has 3 aromatic rings. The Hall–Kier alpha value is -2.26. The van der Waals surface area contributed by atoms with Gasteiger partial charge in [-0.3, -0.25) is 4.99 Å². The van der Waals surface area contributed by atoms with E-state index >= 15 is 0 Å². The summed E-state index contributed by atoms with van der Waals surface area (Å²) in [7, 11) is 0. The Labute approximate surface area is 127 Å². The van der Waals surface area contributed by atoms with Gasteiger partial charge in [-0.2, -0.15) is 0 Å². The van der Waals surface area contributed by atoms with Gasteiger partial charge in [-0.25, -0.2) is 0 Å². The fourth-order valence-electron chi connectivity index (χ4n) is 2.39. The Morgan fingerprint density at radius 2 is 1.95 bits per heavy atom. The van der Waals surface area contributed by atoms with Crippen molar-refractivity contribution in [2.24, 2.45) is 4.99 Å². The zero-order valence-electron chi connectivity index (χ0n) is 11.8. The molecular formula is C17H15ClN2O. The van der Waals surface area contributed by atoms with Crippen molar-refractivity contribution >= 4 is 34.4 Å². The molecule has 21 heavy (non-hydrogen) atoms. The van der Waals surface area contributed by atoms with Crippen molar-refractivity contribution < 1.29 is 5.11 Å². The minimum Gasteiger partial charge on any atom is -0.494 e. The highest BCUT2D eigenvalue weighted by atomic mass is 35.5. The summed E-state index contributed by atoms with van der Waals surface area (Å²) in [6, 6.07) is 11.5. The van der Waals surface area contributed by atoms with Crippen LogP contribution in [-0.4, -0.2) is 16.3 Å². The Kier molecular flexibility index (Phi) is 3.43. The van der Waals surface area contributed by atoms with Crippen LogP contribution in [0.5, 0.6) is 5.88 Å². The number of aromatic hydroxyl groups is 1. The highest BCUT2D eigenvalue weighted by Gasteiger charge is 2.09. The maximum atomic E-state index is 10.0. The van der Waals surface area contributed by atoms with Crippen LogP contribution in [0.2, 0.25) is 5.02 Å². The lowest BCUT2D eigenvalue weighted by Gasteiger charge is -2.01. The first kappa shape index (κ1) is 13.7. The van der Waals surface area contributed by atoms with Crippen molar-refractivity contribution in [3.05, 3.63) is 58.1 Å². The molecule has 0 unspecified atom stereocenters. The fraction of sp³-hybridized carbons (Fsp3) is 0.118. The normalized spacial score (nSPS) is 11.6. The second-order valence-corrected chi connectivity index (χ2v) is 5.56. The van der Waals surface area contributed by atoms with E-state index in [4.69, 9.17) is 11.6 Å². The van der Waals surface area contributed by atoms with Gasteiger partial charge in [-0.1, -0.05) is 29.3 Å². The summed E-state index contributed by atoms with van der Waals surface area (Å²) in [6.07, 6.45) is 1.67. The Bertz CT molecular complexity index is 849. The molecule has 0 radical (unpaired) electrons. The van der Waals surface area contributed by atoms with Crippen LogP contribution in [0.25, 0.3) is 10.9 Å². The lowest BCUT2D eigenvalue weighted by molar-refractivity contribution is 0.457. The maximum Gasteiger partial charge on any atom is 0.198 e. The number of aromatic amines is 1. The molecular weight excluding hydrogens is 284 g/mol. The molecule has 2 N–H and O–H groups in total. The minimum absolute atomic E-state index is 0.0979. The average molecular weight is 299 g/mol. The molecule has 0 aliphatic heterocycles. The molecule has 3 nitrogen and oxygen atoms in total. The third kappa shape index (κ3) is 2.65. The summed E-state index contributed by atoms with van der Waals surface area (Å²) >= 11 is 6.02. The predicted octanol–water partition coefficient (Wildman–Crippen LogP) is 4.89. The maximum absolute atomic E-state index is 10.0. The molecule has 0 bridgehead atoms. The Morgan fingerprint density at radius 3 is 2.71 bits per heavy atom. The highest BCUT2D eigenvalue weighted by Crippen LogP contribution is 2.29. The lowest BCUT2D eigenvalue weighted by Crippen LogP contribution is -1.82. The number of fused-ring (bicyclic) bond motifs is 1. The van der Waals surface area contributed by atoms with Gasteiger partial charge in [0.05, 0.1) is 11.3 Å². The van der Waals surface area contributed by atoms with Gasteiger partial charge < -0.3 is 10.1 Å². The van der Waals surface area contributed by atoms with E-state index in [-0.39, 0.29) is 5.88 Å². The predicted molar refractivity (Wildman–Crippen MR) is 88.1 cm³/mol. The van der Waals surface area contributed by atoms with Gasteiger partial charge in [-0.15, -0.1) is 0 Å². The van der Waals surface area contributed by atoms with Gasteiger partial charge in [0.1, 0.15) is 0 Å². The summed E-state index contributed by atoms with van der Waals surface area (Å²) in [5, 5.41) is 11.5. The van der Waals surface area contributed by atoms with Crippen LogP contribution in [-0.2, 0) is 0 Å². The number of nitrogens with one attached hydrogen (secondary N) is 1. The molecule has 106 valence electrons. The number of aliphatic imine (C=N–C) groups is 1. The Balaban J connectivity index is 2.06. The summed E-state index contributed by atoms with van der Waals surface area (Å²) < 4.78 is 0. The molecule has 1 heterocycles. The van der Waals surface area contributed by atoms with Crippen LogP contribution in [0.4, 0.5) is 5.69 Å². The van der Waals surface area contributed by atoms with Crippen molar-refractivity contribution in [2.75, 3.05) is 0 Å². The van der Waals surface area contributed by atoms with Crippen LogP contribution in [0.1, 0.15) is 16.7 Å². The quantitative estimate of drug-likeness (QED) is 0.650. The zero-order chi connectivity index (χ0) is 15.0. The monoisotopic (exact) mass is 298 g/mol. The van der Waals surface area contributed by atoms with E-state index in [1.807, 2.05) is 38.1 Å². The number of aryl methyl sites for hydroxylation is 2. The van der Waals surface area contributed by atoms with Crippen molar-refractivity contribution in [3.8, 4) is 5.88 Å². The molecule has 0 aliphatic rings. The van der Waals surface area contributed by atoms with Crippen LogP contribution < -0.4 is 0 Å².